The zero-order chi connectivity index (χ0) is 33.7. The highest BCUT2D eigenvalue weighted by atomic mass is 32.2. The molecule has 1 aliphatic heterocycles. The zero-order valence-corrected chi connectivity index (χ0v) is 27.4. The van der Waals surface area contributed by atoms with E-state index in [1.54, 1.807) is 42.5 Å². The molecule has 0 atom stereocenters. The number of nitrogens with zero attached hydrogens (tertiary/aromatic N) is 2. The number of nitrogens with one attached hydrogen (secondary N) is 1. The molecule has 0 spiro atoms. The lowest BCUT2D eigenvalue weighted by atomic mass is 10.1. The molecule has 0 unspecified atom stereocenters. The van der Waals surface area contributed by atoms with Gasteiger partial charge in [-0.1, -0.05) is 66.7 Å². The average molecular weight is 662 g/mol. The molecule has 0 bridgehead atoms. The predicted octanol–water partition coefficient (Wildman–Crippen LogP) is 7.04. The van der Waals surface area contributed by atoms with Gasteiger partial charge in [-0.2, -0.15) is 0 Å². The molecule has 0 radical (unpaired) electrons. The number of hydrogen-bond acceptors (Lipinski definition) is 7. The third-order valence-corrected chi connectivity index (χ3v) is 8.55. The van der Waals surface area contributed by atoms with Crippen LogP contribution in [0, 0.1) is 6.92 Å². The molecule has 2 amide bonds. The second kappa shape index (κ2) is 14.0. The summed E-state index contributed by atoms with van der Waals surface area (Å²) in [6.07, 6.45) is 1.15. The van der Waals surface area contributed by atoms with Gasteiger partial charge < -0.3 is 14.4 Å². The van der Waals surface area contributed by atoms with Crippen molar-refractivity contribution < 1.29 is 27.5 Å². The van der Waals surface area contributed by atoms with E-state index in [0.717, 1.165) is 28.6 Å². The first-order valence-electron chi connectivity index (χ1n) is 15.5. The fourth-order valence-corrected chi connectivity index (χ4v) is 6.27. The maximum Gasteiger partial charge on any atom is 0.261 e. The molecular weight excluding hydrogens is 627 g/mol. The van der Waals surface area contributed by atoms with E-state index in [-0.39, 0.29) is 25.0 Å². The molecule has 5 aromatic carbocycles. The first-order chi connectivity index (χ1) is 23.1. The van der Waals surface area contributed by atoms with Crippen LogP contribution in [0.1, 0.15) is 37.4 Å². The molecule has 0 saturated heterocycles. The van der Waals surface area contributed by atoms with E-state index < -0.39 is 10.0 Å². The van der Waals surface area contributed by atoms with Crippen molar-refractivity contribution in [3.8, 4) is 17.2 Å². The highest BCUT2D eigenvalue weighted by molar-refractivity contribution is 7.92. The third-order valence-electron chi connectivity index (χ3n) is 7.96. The summed E-state index contributed by atoms with van der Waals surface area (Å²) in [4.78, 5) is 28.7. The predicted molar refractivity (Wildman–Crippen MR) is 186 cm³/mol. The number of hydrogen-bond donors (Lipinski definition) is 1. The Balaban J connectivity index is 1.11. The van der Waals surface area contributed by atoms with Gasteiger partial charge in [0.1, 0.15) is 23.9 Å². The summed E-state index contributed by atoms with van der Waals surface area (Å²) >= 11 is 0. The minimum atomic E-state index is -3.43. The van der Waals surface area contributed by atoms with Crippen LogP contribution in [0.3, 0.4) is 0 Å². The Kier molecular flexibility index (Phi) is 9.45. The van der Waals surface area contributed by atoms with Crippen LogP contribution in [0.25, 0.3) is 0 Å². The molecule has 5 aromatic rings. The van der Waals surface area contributed by atoms with E-state index in [2.05, 4.69) is 21.8 Å². The molecule has 0 aliphatic carbocycles. The largest absolute Gasteiger partial charge is 0.492 e. The van der Waals surface area contributed by atoms with Crippen LogP contribution >= 0.6 is 0 Å². The van der Waals surface area contributed by atoms with Gasteiger partial charge in [-0.3, -0.25) is 19.2 Å². The number of fused-ring (bicyclic) bond motifs is 1. The van der Waals surface area contributed by atoms with Gasteiger partial charge in [0, 0.05) is 24.8 Å². The fourth-order valence-electron chi connectivity index (χ4n) is 5.65. The van der Waals surface area contributed by atoms with E-state index in [1.165, 1.54) is 4.90 Å². The number of carbonyl (C=O) groups excluding carboxylic acids is 2. The summed E-state index contributed by atoms with van der Waals surface area (Å²) in [5.74, 6) is 1.16. The number of anilines is 2. The smallest absolute Gasteiger partial charge is 0.261 e. The number of rotatable bonds is 13. The van der Waals surface area contributed by atoms with Crippen LogP contribution in [0.2, 0.25) is 0 Å². The van der Waals surface area contributed by atoms with Crippen molar-refractivity contribution in [2.24, 2.45) is 0 Å². The lowest BCUT2D eigenvalue weighted by Gasteiger charge is -2.28. The van der Waals surface area contributed by atoms with Gasteiger partial charge in [-0.15, -0.1) is 0 Å². The first kappa shape index (κ1) is 32.3. The topological polar surface area (TPSA) is 105 Å². The Morgan fingerprint density at radius 1 is 0.688 bits per heavy atom. The molecule has 244 valence electrons. The highest BCUT2D eigenvalue weighted by Crippen LogP contribution is 2.31. The Morgan fingerprint density at radius 2 is 1.29 bits per heavy atom. The van der Waals surface area contributed by atoms with Crippen molar-refractivity contribution in [2.45, 2.75) is 20.0 Å². The summed E-state index contributed by atoms with van der Waals surface area (Å²) in [7, 11) is -3.43. The van der Waals surface area contributed by atoms with Crippen LogP contribution in [-0.2, 0) is 23.1 Å². The minimum Gasteiger partial charge on any atom is -0.492 e. The monoisotopic (exact) mass is 661 g/mol. The quantitative estimate of drug-likeness (QED) is 0.135. The normalized spacial score (nSPS) is 12.5. The number of sulfonamides is 1. The molecule has 1 heterocycles. The van der Waals surface area contributed by atoms with Crippen LogP contribution < -0.4 is 19.1 Å². The average Bonchev–Trinajstić information content (AvgIpc) is 3.31. The maximum atomic E-state index is 12.6. The Hall–Kier alpha value is -5.61. The van der Waals surface area contributed by atoms with Crippen LogP contribution in [0.4, 0.5) is 11.4 Å². The number of carbonyl (C=O) groups is 2. The van der Waals surface area contributed by atoms with E-state index in [9.17, 15) is 18.0 Å². The molecule has 6 rings (SSSR count). The molecule has 10 heteroatoms. The number of imide groups is 1. The highest BCUT2D eigenvalue weighted by Gasteiger charge is 2.34. The number of amides is 2. The summed E-state index contributed by atoms with van der Waals surface area (Å²) < 4.78 is 38.6. The van der Waals surface area contributed by atoms with E-state index in [1.807, 2.05) is 73.7 Å². The van der Waals surface area contributed by atoms with E-state index >= 15 is 0 Å². The molecule has 1 N–H and O–H groups in total. The van der Waals surface area contributed by atoms with Crippen molar-refractivity contribution in [3.63, 3.8) is 0 Å². The van der Waals surface area contributed by atoms with Crippen molar-refractivity contribution in [1.29, 1.82) is 0 Å². The van der Waals surface area contributed by atoms with Gasteiger partial charge in [0.2, 0.25) is 10.0 Å². The summed E-state index contributed by atoms with van der Waals surface area (Å²) in [6.45, 7) is 3.41. The van der Waals surface area contributed by atoms with Crippen molar-refractivity contribution in [2.75, 3.05) is 29.0 Å². The summed E-state index contributed by atoms with van der Waals surface area (Å²) in [5, 5.41) is 0. The van der Waals surface area contributed by atoms with Gasteiger partial charge >= 0.3 is 0 Å². The lowest BCUT2D eigenvalue weighted by molar-refractivity contribution is 0.0631. The summed E-state index contributed by atoms with van der Waals surface area (Å²) in [6, 6.07) is 37.6. The Labute approximate surface area is 280 Å². The molecule has 0 aromatic heterocycles. The van der Waals surface area contributed by atoms with Crippen LogP contribution in [0.15, 0.2) is 121 Å². The fraction of sp³-hybridized carbons (Fsp3) is 0.158. The van der Waals surface area contributed by atoms with Crippen LogP contribution in [-0.4, -0.2) is 44.5 Å². The molecule has 1 aliphatic rings. The molecule has 9 nitrogen and oxygen atoms in total. The van der Waals surface area contributed by atoms with Gasteiger partial charge in [0.05, 0.1) is 29.6 Å². The third kappa shape index (κ3) is 7.67. The minimum absolute atomic E-state index is 0.137. The van der Waals surface area contributed by atoms with Crippen molar-refractivity contribution in [1.82, 2.24) is 4.90 Å². The van der Waals surface area contributed by atoms with Gasteiger partial charge in [0.25, 0.3) is 11.8 Å². The molecular formula is C38H35N3O6S. The number of benzene rings is 5. The molecule has 0 saturated carbocycles. The van der Waals surface area contributed by atoms with Gasteiger partial charge in [-0.25, -0.2) is 8.42 Å². The van der Waals surface area contributed by atoms with Crippen molar-refractivity contribution in [3.05, 3.63) is 149 Å². The SMILES string of the molecule is Cc1c(NS(C)(=O)=O)cccc1N(Cc1ccccc1)Cc1ccc(Oc2cccc(OCCN3C(=O)c4ccccc4C3=O)c2)cc1. The zero-order valence-electron chi connectivity index (χ0n) is 26.6. The van der Waals surface area contributed by atoms with E-state index in [4.69, 9.17) is 9.47 Å². The first-order valence-corrected chi connectivity index (χ1v) is 17.3. The van der Waals surface area contributed by atoms with Gasteiger partial charge in [-0.05, 0) is 72.1 Å². The van der Waals surface area contributed by atoms with Crippen molar-refractivity contribution >= 4 is 33.2 Å². The molecule has 48 heavy (non-hydrogen) atoms. The van der Waals surface area contributed by atoms with Gasteiger partial charge in [0.15, 0.2) is 0 Å². The summed E-state index contributed by atoms with van der Waals surface area (Å²) in [5.41, 5.74) is 5.32. The lowest BCUT2D eigenvalue weighted by Crippen LogP contribution is -2.33. The second-order valence-corrected chi connectivity index (χ2v) is 13.3. The second-order valence-electron chi connectivity index (χ2n) is 11.5. The number of ether oxygens (including phenoxy) is 2. The maximum absolute atomic E-state index is 12.6. The standard InChI is InChI=1S/C38H35N3O6S/c1-27-35(39-48(2,44)45)16-9-17-36(27)40(25-28-10-4-3-5-11-28)26-29-18-20-30(21-19-29)47-32-13-8-12-31(24-32)46-23-22-41-37(42)33-14-6-7-15-34(33)38(41)43/h3-21,24,39H,22-23,25-26H2,1-2H3. The van der Waals surface area contributed by atoms with Crippen LogP contribution in [0.5, 0.6) is 17.2 Å². The molecule has 0 fully saturated rings. The Morgan fingerprint density at radius 3 is 1.96 bits per heavy atom. The van der Waals surface area contributed by atoms with E-state index in [0.29, 0.717) is 47.2 Å². The Bertz CT molecular complexity index is 2010.